The number of hydrogen-bond donors (Lipinski definition) is 1. The van der Waals surface area contributed by atoms with Gasteiger partial charge < -0.3 is 5.32 Å². The third-order valence-corrected chi connectivity index (χ3v) is 2.79. The Morgan fingerprint density at radius 2 is 2.29 bits per heavy atom. The van der Waals surface area contributed by atoms with Gasteiger partial charge in [0, 0.05) is 12.2 Å². The van der Waals surface area contributed by atoms with E-state index in [1.807, 2.05) is 12.3 Å². The maximum Gasteiger partial charge on any atom is 0.0575 e. The Balaban J connectivity index is 2.70. The molecular formula is C15H24N2. The molecule has 0 radical (unpaired) electrons. The normalized spacial score (nSPS) is 12.4. The topological polar surface area (TPSA) is 24.9 Å². The molecule has 0 aliphatic carbocycles. The number of pyridine rings is 1. The quantitative estimate of drug-likeness (QED) is 0.724. The van der Waals surface area contributed by atoms with Crippen LogP contribution in [0.1, 0.15) is 50.4 Å². The highest BCUT2D eigenvalue weighted by Crippen LogP contribution is 2.19. The van der Waals surface area contributed by atoms with Crippen molar-refractivity contribution in [2.75, 3.05) is 6.54 Å². The monoisotopic (exact) mass is 232 g/mol. The van der Waals surface area contributed by atoms with Crippen LogP contribution >= 0.6 is 0 Å². The molecule has 0 spiro atoms. The lowest BCUT2D eigenvalue weighted by molar-refractivity contribution is 0.488. The van der Waals surface area contributed by atoms with Crippen LogP contribution in [-0.4, -0.2) is 11.5 Å². The van der Waals surface area contributed by atoms with Crippen LogP contribution in [0.3, 0.4) is 0 Å². The first kappa shape index (κ1) is 13.9. The Labute approximate surface area is 105 Å². The molecule has 1 rings (SSSR count). The number of nitrogens with zero attached hydrogens (tertiary/aromatic N) is 1. The van der Waals surface area contributed by atoms with E-state index < -0.39 is 0 Å². The van der Waals surface area contributed by atoms with E-state index in [2.05, 4.69) is 43.7 Å². The van der Waals surface area contributed by atoms with Gasteiger partial charge in [-0.15, -0.1) is 6.58 Å². The molecule has 2 heteroatoms. The highest BCUT2D eigenvalue weighted by molar-refractivity contribution is 5.17. The summed E-state index contributed by atoms with van der Waals surface area (Å²) in [4.78, 5) is 4.48. The Kier molecular flexibility index (Phi) is 5.92. The summed E-state index contributed by atoms with van der Waals surface area (Å²) in [6, 6.07) is 4.57. The van der Waals surface area contributed by atoms with Gasteiger partial charge in [0.25, 0.3) is 0 Å². The lowest BCUT2D eigenvalue weighted by Crippen LogP contribution is -2.23. The minimum atomic E-state index is 0.353. The SMILES string of the molecule is C=C(C)CCC(NCCC)c1cc(C)ccn1. The first-order chi connectivity index (χ1) is 8.13. The number of aromatic nitrogens is 1. The lowest BCUT2D eigenvalue weighted by Gasteiger charge is -2.18. The van der Waals surface area contributed by atoms with Gasteiger partial charge in [0.15, 0.2) is 0 Å². The van der Waals surface area contributed by atoms with Gasteiger partial charge >= 0.3 is 0 Å². The van der Waals surface area contributed by atoms with E-state index in [1.54, 1.807) is 0 Å². The van der Waals surface area contributed by atoms with Crippen molar-refractivity contribution >= 4 is 0 Å². The van der Waals surface area contributed by atoms with Crippen molar-refractivity contribution in [3.8, 4) is 0 Å². The van der Waals surface area contributed by atoms with Crippen LogP contribution in [0.2, 0.25) is 0 Å². The molecule has 0 saturated carbocycles. The van der Waals surface area contributed by atoms with Crippen molar-refractivity contribution in [1.82, 2.24) is 10.3 Å². The molecule has 2 nitrogen and oxygen atoms in total. The molecule has 1 atom stereocenters. The smallest absolute Gasteiger partial charge is 0.0575 e. The molecule has 0 aromatic carbocycles. The fraction of sp³-hybridized carbons (Fsp3) is 0.533. The fourth-order valence-electron chi connectivity index (χ4n) is 1.81. The number of hydrogen-bond acceptors (Lipinski definition) is 2. The predicted molar refractivity (Wildman–Crippen MR) is 74.1 cm³/mol. The minimum Gasteiger partial charge on any atom is -0.309 e. The van der Waals surface area contributed by atoms with Gasteiger partial charge in [-0.05, 0) is 57.4 Å². The van der Waals surface area contributed by atoms with Crippen molar-refractivity contribution in [2.24, 2.45) is 0 Å². The largest absolute Gasteiger partial charge is 0.309 e. The molecule has 0 aliphatic rings. The van der Waals surface area contributed by atoms with Gasteiger partial charge in [0.2, 0.25) is 0 Å². The van der Waals surface area contributed by atoms with Crippen molar-refractivity contribution < 1.29 is 0 Å². The summed E-state index contributed by atoms with van der Waals surface area (Å²) in [5.41, 5.74) is 3.66. The van der Waals surface area contributed by atoms with Gasteiger partial charge in [-0.1, -0.05) is 12.5 Å². The molecule has 1 aromatic heterocycles. The molecule has 94 valence electrons. The zero-order valence-electron chi connectivity index (χ0n) is 11.3. The first-order valence-electron chi connectivity index (χ1n) is 6.43. The third kappa shape index (κ3) is 5.14. The van der Waals surface area contributed by atoms with E-state index in [4.69, 9.17) is 0 Å². The van der Waals surface area contributed by atoms with Gasteiger partial charge in [0.1, 0.15) is 0 Å². The minimum absolute atomic E-state index is 0.353. The molecule has 1 N–H and O–H groups in total. The van der Waals surface area contributed by atoms with Crippen LogP contribution in [0.15, 0.2) is 30.5 Å². The molecule has 1 heterocycles. The fourth-order valence-corrected chi connectivity index (χ4v) is 1.81. The summed E-state index contributed by atoms with van der Waals surface area (Å²) >= 11 is 0. The third-order valence-electron chi connectivity index (χ3n) is 2.79. The zero-order valence-corrected chi connectivity index (χ0v) is 11.3. The van der Waals surface area contributed by atoms with Gasteiger partial charge in [-0.25, -0.2) is 0 Å². The Bertz CT molecular complexity index is 358. The van der Waals surface area contributed by atoms with E-state index in [0.29, 0.717) is 6.04 Å². The average Bonchev–Trinajstić information content (AvgIpc) is 2.29. The molecule has 17 heavy (non-hydrogen) atoms. The highest BCUT2D eigenvalue weighted by atomic mass is 14.9. The molecular weight excluding hydrogens is 208 g/mol. The summed E-state index contributed by atoms with van der Waals surface area (Å²) in [6.07, 6.45) is 5.17. The summed E-state index contributed by atoms with van der Waals surface area (Å²) in [6.45, 7) is 11.4. The van der Waals surface area contributed by atoms with Crippen LogP contribution in [0, 0.1) is 6.92 Å². The Hall–Kier alpha value is -1.15. The van der Waals surface area contributed by atoms with E-state index in [9.17, 15) is 0 Å². The van der Waals surface area contributed by atoms with Crippen LogP contribution in [-0.2, 0) is 0 Å². The number of nitrogens with one attached hydrogen (secondary N) is 1. The number of rotatable bonds is 7. The van der Waals surface area contributed by atoms with Gasteiger partial charge in [0.05, 0.1) is 5.69 Å². The molecule has 0 aliphatic heterocycles. The van der Waals surface area contributed by atoms with E-state index >= 15 is 0 Å². The van der Waals surface area contributed by atoms with E-state index in [-0.39, 0.29) is 0 Å². The van der Waals surface area contributed by atoms with Crippen molar-refractivity contribution in [2.45, 2.75) is 46.1 Å². The second-order valence-electron chi connectivity index (χ2n) is 4.76. The standard InChI is InChI=1S/C15H24N2/c1-5-9-16-14(7-6-12(2)3)15-11-13(4)8-10-17-15/h8,10-11,14,16H,2,5-7,9H2,1,3-4H3. The Morgan fingerprint density at radius 1 is 1.53 bits per heavy atom. The molecule has 0 bridgehead atoms. The zero-order chi connectivity index (χ0) is 12.7. The summed E-state index contributed by atoms with van der Waals surface area (Å²) in [5, 5.41) is 3.56. The Morgan fingerprint density at radius 3 is 2.88 bits per heavy atom. The summed E-state index contributed by atoms with van der Waals surface area (Å²) in [5.74, 6) is 0. The molecule has 1 aromatic rings. The molecule has 1 unspecified atom stereocenters. The first-order valence-corrected chi connectivity index (χ1v) is 6.43. The van der Waals surface area contributed by atoms with Crippen LogP contribution in [0.25, 0.3) is 0 Å². The second-order valence-corrected chi connectivity index (χ2v) is 4.76. The van der Waals surface area contributed by atoms with Crippen LogP contribution < -0.4 is 5.32 Å². The molecule has 0 amide bonds. The van der Waals surface area contributed by atoms with Crippen molar-refractivity contribution in [3.05, 3.63) is 41.7 Å². The number of allylic oxidation sites excluding steroid dienone is 1. The average molecular weight is 232 g/mol. The van der Waals surface area contributed by atoms with Gasteiger partial charge in [-0.2, -0.15) is 0 Å². The highest BCUT2D eigenvalue weighted by Gasteiger charge is 2.11. The van der Waals surface area contributed by atoms with Crippen molar-refractivity contribution in [1.29, 1.82) is 0 Å². The predicted octanol–water partition coefficient (Wildman–Crippen LogP) is 3.79. The van der Waals surface area contributed by atoms with Crippen LogP contribution in [0.4, 0.5) is 0 Å². The van der Waals surface area contributed by atoms with E-state index in [0.717, 1.165) is 31.5 Å². The molecule has 0 fully saturated rings. The maximum atomic E-state index is 4.48. The van der Waals surface area contributed by atoms with E-state index in [1.165, 1.54) is 11.1 Å². The van der Waals surface area contributed by atoms with Gasteiger partial charge in [-0.3, -0.25) is 4.98 Å². The maximum absolute atomic E-state index is 4.48. The van der Waals surface area contributed by atoms with Crippen molar-refractivity contribution in [3.63, 3.8) is 0 Å². The summed E-state index contributed by atoms with van der Waals surface area (Å²) in [7, 11) is 0. The molecule has 0 saturated heterocycles. The second kappa shape index (κ2) is 7.23. The number of aryl methyl sites for hydroxylation is 1. The summed E-state index contributed by atoms with van der Waals surface area (Å²) < 4.78 is 0. The van der Waals surface area contributed by atoms with Crippen LogP contribution in [0.5, 0.6) is 0 Å². The lowest BCUT2D eigenvalue weighted by atomic mass is 10.0.